The minimum atomic E-state index is -0.407. The van der Waals surface area contributed by atoms with Crippen molar-refractivity contribution in [1.82, 2.24) is 15.1 Å². The predicted molar refractivity (Wildman–Crippen MR) is 104 cm³/mol. The van der Waals surface area contributed by atoms with Crippen molar-refractivity contribution in [1.29, 1.82) is 0 Å². The maximum Gasteiger partial charge on any atom is 0.248 e. The summed E-state index contributed by atoms with van der Waals surface area (Å²) in [5, 5.41) is 12.1. The van der Waals surface area contributed by atoms with Crippen LogP contribution in [0.15, 0.2) is 30.3 Å². The Balaban J connectivity index is 1.32. The van der Waals surface area contributed by atoms with Crippen LogP contribution in [0.4, 0.5) is 0 Å². The van der Waals surface area contributed by atoms with Gasteiger partial charge in [0.05, 0.1) is 0 Å². The molecule has 2 N–H and O–H groups in total. The van der Waals surface area contributed by atoms with Crippen LogP contribution in [0, 0.1) is 5.92 Å². The molecule has 2 heterocycles. The molecule has 1 aromatic carbocycles. The molecule has 6 heteroatoms. The summed E-state index contributed by atoms with van der Waals surface area (Å²) in [5.41, 5.74) is 1.32. The Hall–Kier alpha value is -1.92. The summed E-state index contributed by atoms with van der Waals surface area (Å²) in [6.45, 7) is 3.87. The minimum Gasteiger partial charge on any atom is -0.387 e. The molecule has 0 spiro atoms. The molecule has 2 amide bonds. The quantitative estimate of drug-likeness (QED) is 0.758. The first-order valence-electron chi connectivity index (χ1n) is 10.1. The van der Waals surface area contributed by atoms with Gasteiger partial charge >= 0.3 is 0 Å². The van der Waals surface area contributed by atoms with Crippen LogP contribution in [-0.4, -0.2) is 65.5 Å². The Labute approximate surface area is 161 Å². The summed E-state index contributed by atoms with van der Waals surface area (Å²) >= 11 is 0. The lowest BCUT2D eigenvalue weighted by Crippen LogP contribution is -2.40. The molecule has 0 aliphatic carbocycles. The summed E-state index contributed by atoms with van der Waals surface area (Å²) in [6, 6.07) is 10.7. The third-order valence-corrected chi connectivity index (χ3v) is 5.77. The van der Waals surface area contributed by atoms with Crippen molar-refractivity contribution < 1.29 is 14.7 Å². The van der Waals surface area contributed by atoms with Crippen LogP contribution in [0.5, 0.6) is 0 Å². The number of piperidine rings is 1. The number of hydrogen-bond acceptors (Lipinski definition) is 4. The van der Waals surface area contributed by atoms with Crippen molar-refractivity contribution in [2.45, 2.75) is 44.7 Å². The van der Waals surface area contributed by atoms with E-state index in [1.807, 2.05) is 6.07 Å². The van der Waals surface area contributed by atoms with Crippen molar-refractivity contribution in [3.8, 4) is 0 Å². The monoisotopic (exact) mass is 373 g/mol. The molecule has 27 heavy (non-hydrogen) atoms. The zero-order chi connectivity index (χ0) is 19.1. The standard InChI is InChI=1S/C21H31N3O3/c25-16-21(27)24-12-8-17(9-13-24)6-7-20(26)22-19-10-11-23(15-19)14-18-4-2-1-3-5-18/h1-5,17,19,25H,6-16H2,(H,22,26). The van der Waals surface area contributed by atoms with E-state index < -0.39 is 6.61 Å². The number of hydrogen-bond donors (Lipinski definition) is 2. The van der Waals surface area contributed by atoms with Gasteiger partial charge in [0.15, 0.2) is 0 Å². The highest BCUT2D eigenvalue weighted by atomic mass is 16.3. The second-order valence-corrected chi connectivity index (χ2v) is 7.79. The second kappa shape index (κ2) is 9.85. The number of carbonyl (C=O) groups is 2. The zero-order valence-electron chi connectivity index (χ0n) is 16.0. The molecule has 0 bridgehead atoms. The van der Waals surface area contributed by atoms with Gasteiger partial charge in [-0.1, -0.05) is 30.3 Å². The Morgan fingerprint density at radius 1 is 1.07 bits per heavy atom. The number of aliphatic hydroxyl groups is 1. The van der Waals surface area contributed by atoms with Crippen LogP contribution in [0.25, 0.3) is 0 Å². The van der Waals surface area contributed by atoms with E-state index in [1.54, 1.807) is 4.90 Å². The van der Waals surface area contributed by atoms with Gasteiger partial charge in [-0.2, -0.15) is 0 Å². The van der Waals surface area contributed by atoms with Gasteiger partial charge < -0.3 is 15.3 Å². The van der Waals surface area contributed by atoms with Crippen LogP contribution in [-0.2, 0) is 16.1 Å². The predicted octanol–water partition coefficient (Wildman–Crippen LogP) is 1.39. The van der Waals surface area contributed by atoms with Crippen molar-refractivity contribution in [2.75, 3.05) is 32.8 Å². The smallest absolute Gasteiger partial charge is 0.248 e. The number of likely N-dealkylation sites (tertiary alicyclic amines) is 2. The fourth-order valence-corrected chi connectivity index (χ4v) is 4.14. The first kappa shape index (κ1) is 19.8. The van der Waals surface area contributed by atoms with Gasteiger partial charge in [-0.3, -0.25) is 14.5 Å². The molecular weight excluding hydrogens is 342 g/mol. The molecule has 1 aromatic rings. The van der Waals surface area contributed by atoms with Crippen LogP contribution >= 0.6 is 0 Å². The highest BCUT2D eigenvalue weighted by Crippen LogP contribution is 2.22. The average Bonchev–Trinajstić information content (AvgIpc) is 3.13. The Bertz CT molecular complexity index is 614. The van der Waals surface area contributed by atoms with Gasteiger partial charge in [-0.25, -0.2) is 0 Å². The summed E-state index contributed by atoms with van der Waals surface area (Å²) in [5.74, 6) is 0.458. The Morgan fingerprint density at radius 2 is 1.81 bits per heavy atom. The van der Waals surface area contributed by atoms with Gasteiger partial charge in [0.1, 0.15) is 6.61 Å². The third-order valence-electron chi connectivity index (χ3n) is 5.77. The van der Waals surface area contributed by atoms with Crippen molar-refractivity contribution in [2.24, 2.45) is 5.92 Å². The van der Waals surface area contributed by atoms with Crippen molar-refractivity contribution in [3.05, 3.63) is 35.9 Å². The van der Waals surface area contributed by atoms with Crippen LogP contribution in [0.1, 0.15) is 37.7 Å². The van der Waals surface area contributed by atoms with E-state index in [0.717, 1.165) is 45.3 Å². The van der Waals surface area contributed by atoms with Gasteiger partial charge in [0.2, 0.25) is 11.8 Å². The van der Waals surface area contributed by atoms with Crippen LogP contribution < -0.4 is 5.32 Å². The van der Waals surface area contributed by atoms with E-state index in [9.17, 15) is 9.59 Å². The molecule has 0 saturated carbocycles. The maximum absolute atomic E-state index is 12.3. The lowest BCUT2D eigenvalue weighted by atomic mass is 9.92. The van der Waals surface area contributed by atoms with E-state index in [2.05, 4.69) is 34.5 Å². The fraction of sp³-hybridized carbons (Fsp3) is 0.619. The molecule has 0 aromatic heterocycles. The van der Waals surface area contributed by atoms with Gasteiger partial charge in [0.25, 0.3) is 0 Å². The number of carbonyl (C=O) groups excluding carboxylic acids is 2. The molecule has 148 valence electrons. The molecule has 2 saturated heterocycles. The first-order valence-corrected chi connectivity index (χ1v) is 10.1. The topological polar surface area (TPSA) is 72.9 Å². The number of amides is 2. The SMILES string of the molecule is O=C(CCC1CCN(C(=O)CO)CC1)NC1CCN(Cc2ccccc2)C1. The molecule has 3 rings (SSSR count). The second-order valence-electron chi connectivity index (χ2n) is 7.79. The lowest BCUT2D eigenvalue weighted by Gasteiger charge is -2.31. The maximum atomic E-state index is 12.3. The number of rotatable bonds is 7. The van der Waals surface area contributed by atoms with E-state index in [4.69, 9.17) is 5.11 Å². The van der Waals surface area contributed by atoms with Gasteiger partial charge in [-0.05, 0) is 37.2 Å². The largest absolute Gasteiger partial charge is 0.387 e. The van der Waals surface area contributed by atoms with Crippen molar-refractivity contribution in [3.63, 3.8) is 0 Å². The third kappa shape index (κ3) is 6.04. The van der Waals surface area contributed by atoms with E-state index in [-0.39, 0.29) is 17.9 Å². The molecule has 0 radical (unpaired) electrons. The van der Waals surface area contributed by atoms with E-state index >= 15 is 0 Å². The number of aliphatic hydroxyl groups excluding tert-OH is 1. The molecule has 2 aliphatic rings. The van der Waals surface area contributed by atoms with Crippen molar-refractivity contribution >= 4 is 11.8 Å². The van der Waals surface area contributed by atoms with Gasteiger partial charge in [0, 0.05) is 45.2 Å². The summed E-state index contributed by atoms with van der Waals surface area (Å²) in [6.07, 6.45) is 4.31. The number of nitrogens with one attached hydrogen (secondary N) is 1. The van der Waals surface area contributed by atoms with Crippen LogP contribution in [0.2, 0.25) is 0 Å². The molecule has 6 nitrogen and oxygen atoms in total. The van der Waals surface area contributed by atoms with E-state index in [1.165, 1.54) is 5.56 Å². The van der Waals surface area contributed by atoms with Crippen LogP contribution in [0.3, 0.4) is 0 Å². The molecule has 1 unspecified atom stereocenters. The van der Waals surface area contributed by atoms with E-state index in [0.29, 0.717) is 25.4 Å². The summed E-state index contributed by atoms with van der Waals surface area (Å²) in [4.78, 5) is 27.9. The summed E-state index contributed by atoms with van der Waals surface area (Å²) in [7, 11) is 0. The highest BCUT2D eigenvalue weighted by Gasteiger charge is 2.25. The zero-order valence-corrected chi connectivity index (χ0v) is 16.0. The Kier molecular flexibility index (Phi) is 7.24. The number of benzene rings is 1. The molecule has 1 atom stereocenters. The first-order chi connectivity index (χ1) is 13.1. The molecule has 2 aliphatic heterocycles. The highest BCUT2D eigenvalue weighted by molar-refractivity contribution is 5.77. The molecular formula is C21H31N3O3. The average molecular weight is 373 g/mol. The number of nitrogens with zero attached hydrogens (tertiary/aromatic N) is 2. The lowest BCUT2D eigenvalue weighted by molar-refractivity contribution is -0.135. The minimum absolute atomic E-state index is 0.149. The molecule has 2 fully saturated rings. The fourth-order valence-electron chi connectivity index (χ4n) is 4.14. The van der Waals surface area contributed by atoms with Gasteiger partial charge in [-0.15, -0.1) is 0 Å². The summed E-state index contributed by atoms with van der Waals surface area (Å²) < 4.78 is 0. The Morgan fingerprint density at radius 3 is 2.52 bits per heavy atom. The normalized spacial score (nSPS) is 21.4.